The summed E-state index contributed by atoms with van der Waals surface area (Å²) in [6, 6.07) is 10.5. The van der Waals surface area contributed by atoms with Crippen LogP contribution in [0.15, 0.2) is 53.4 Å². The van der Waals surface area contributed by atoms with Crippen molar-refractivity contribution in [2.45, 2.75) is 30.4 Å². The van der Waals surface area contributed by atoms with Crippen LogP contribution in [-0.4, -0.2) is 31.3 Å². The van der Waals surface area contributed by atoms with Crippen molar-refractivity contribution in [2.75, 3.05) is 6.54 Å². The average molecular weight is 398 g/mol. The molecule has 0 bridgehead atoms. The fraction of sp³-hybridized carbons (Fsp3) is 0.278. The summed E-state index contributed by atoms with van der Waals surface area (Å²) in [5.74, 6) is -0.986. The van der Waals surface area contributed by atoms with Gasteiger partial charge in [0.2, 0.25) is 10.0 Å². The van der Waals surface area contributed by atoms with Gasteiger partial charge in [0.15, 0.2) is 0 Å². The Morgan fingerprint density at radius 2 is 1.81 bits per heavy atom. The fourth-order valence-corrected chi connectivity index (χ4v) is 4.61. The van der Waals surface area contributed by atoms with Gasteiger partial charge in [-0.1, -0.05) is 23.7 Å². The first-order valence-corrected chi connectivity index (χ1v) is 9.88. The molecule has 1 heterocycles. The van der Waals surface area contributed by atoms with Crippen LogP contribution in [0.4, 0.5) is 4.39 Å². The summed E-state index contributed by atoms with van der Waals surface area (Å²) in [4.78, 5) is 12.5. The van der Waals surface area contributed by atoms with Gasteiger partial charge in [0.1, 0.15) is 18.5 Å². The van der Waals surface area contributed by atoms with Gasteiger partial charge in [-0.2, -0.15) is 4.31 Å². The number of nitrogens with zero attached hydrogens (tertiary/aromatic N) is 1. The third-order valence-electron chi connectivity index (χ3n) is 4.19. The second-order valence-corrected chi connectivity index (χ2v) is 8.29. The van der Waals surface area contributed by atoms with Crippen molar-refractivity contribution >= 4 is 27.6 Å². The molecule has 8 heteroatoms. The first-order valence-electron chi connectivity index (χ1n) is 8.06. The molecule has 2 aromatic rings. The number of esters is 1. The number of rotatable bonds is 5. The molecule has 0 N–H and O–H groups in total. The van der Waals surface area contributed by atoms with Crippen LogP contribution >= 0.6 is 11.6 Å². The van der Waals surface area contributed by atoms with E-state index in [0.717, 1.165) is 0 Å². The Kier molecular flexibility index (Phi) is 5.60. The molecule has 5 nitrogen and oxygen atoms in total. The van der Waals surface area contributed by atoms with Gasteiger partial charge in [-0.25, -0.2) is 12.8 Å². The van der Waals surface area contributed by atoms with E-state index in [4.69, 9.17) is 16.3 Å². The molecule has 0 spiro atoms. The highest BCUT2D eigenvalue weighted by Crippen LogP contribution is 2.27. The van der Waals surface area contributed by atoms with Crippen LogP contribution in [0.25, 0.3) is 0 Å². The Hall–Kier alpha value is -1.96. The average Bonchev–Trinajstić information content (AvgIpc) is 3.12. The van der Waals surface area contributed by atoms with Gasteiger partial charge in [0.25, 0.3) is 0 Å². The topological polar surface area (TPSA) is 63.7 Å². The molecule has 0 aliphatic carbocycles. The lowest BCUT2D eigenvalue weighted by atomic mass is 10.2. The minimum atomic E-state index is -3.81. The van der Waals surface area contributed by atoms with Crippen molar-refractivity contribution in [1.82, 2.24) is 4.31 Å². The maximum Gasteiger partial charge on any atom is 0.324 e. The summed E-state index contributed by atoms with van der Waals surface area (Å²) in [5.41, 5.74) is 0.629. The molecular weight excluding hydrogens is 381 g/mol. The monoisotopic (exact) mass is 397 g/mol. The van der Waals surface area contributed by atoms with Crippen molar-refractivity contribution in [3.63, 3.8) is 0 Å². The van der Waals surface area contributed by atoms with Gasteiger partial charge in [-0.15, -0.1) is 0 Å². The molecule has 0 aromatic heterocycles. The number of hydrogen-bond acceptors (Lipinski definition) is 4. The fourth-order valence-electron chi connectivity index (χ4n) is 2.84. The number of ether oxygens (including phenoxy) is 1. The van der Waals surface area contributed by atoms with E-state index in [1.165, 1.54) is 52.8 Å². The van der Waals surface area contributed by atoms with E-state index in [-0.39, 0.29) is 23.9 Å². The van der Waals surface area contributed by atoms with Crippen LogP contribution in [0, 0.1) is 5.82 Å². The van der Waals surface area contributed by atoms with Crippen LogP contribution in [0.5, 0.6) is 0 Å². The van der Waals surface area contributed by atoms with Gasteiger partial charge in [-0.3, -0.25) is 4.79 Å². The molecule has 0 unspecified atom stereocenters. The maximum absolute atomic E-state index is 12.9. The van der Waals surface area contributed by atoms with E-state index in [1.807, 2.05) is 0 Å². The first kappa shape index (κ1) is 18.8. The van der Waals surface area contributed by atoms with Gasteiger partial charge in [0, 0.05) is 11.6 Å². The predicted molar refractivity (Wildman–Crippen MR) is 94.6 cm³/mol. The van der Waals surface area contributed by atoms with Crippen molar-refractivity contribution in [3.8, 4) is 0 Å². The van der Waals surface area contributed by atoms with Gasteiger partial charge in [-0.05, 0) is 54.8 Å². The molecular formula is C18H17ClFNO4S. The minimum absolute atomic E-state index is 0.0373. The molecule has 138 valence electrons. The van der Waals surface area contributed by atoms with Crippen LogP contribution in [0.1, 0.15) is 18.4 Å². The number of carbonyl (C=O) groups excluding carboxylic acids is 1. The molecule has 2 aromatic carbocycles. The van der Waals surface area contributed by atoms with Crippen LogP contribution in [-0.2, 0) is 26.2 Å². The molecule has 3 rings (SSSR count). The zero-order chi connectivity index (χ0) is 18.7. The Balaban J connectivity index is 1.71. The minimum Gasteiger partial charge on any atom is -0.460 e. The normalized spacial score (nSPS) is 18.0. The van der Waals surface area contributed by atoms with E-state index in [2.05, 4.69) is 0 Å². The summed E-state index contributed by atoms with van der Waals surface area (Å²) in [7, 11) is -3.81. The second-order valence-electron chi connectivity index (χ2n) is 5.96. The van der Waals surface area contributed by atoms with Crippen LogP contribution < -0.4 is 0 Å². The zero-order valence-corrected chi connectivity index (χ0v) is 15.3. The highest BCUT2D eigenvalue weighted by Gasteiger charge is 2.40. The SMILES string of the molecule is O=C(OCc1ccc(F)cc1)[C@@H]1CCCN1S(=O)(=O)c1ccc(Cl)cc1. The lowest BCUT2D eigenvalue weighted by Gasteiger charge is -2.22. The van der Waals surface area contributed by atoms with Crippen LogP contribution in [0.2, 0.25) is 5.02 Å². The van der Waals surface area contributed by atoms with Crippen molar-refractivity contribution in [3.05, 3.63) is 64.9 Å². The standard InChI is InChI=1S/C18H17ClFNO4S/c19-14-5-9-16(10-6-14)26(23,24)21-11-1-2-17(21)18(22)25-12-13-3-7-15(20)8-4-13/h3-10,17H,1-2,11-12H2/t17-/m0/s1. The second kappa shape index (κ2) is 7.73. The molecule has 1 atom stereocenters. The van der Waals surface area contributed by atoms with Crippen LogP contribution in [0.3, 0.4) is 0 Å². The largest absolute Gasteiger partial charge is 0.460 e. The highest BCUT2D eigenvalue weighted by atomic mass is 35.5. The van der Waals surface area contributed by atoms with E-state index < -0.39 is 22.0 Å². The summed E-state index contributed by atoms with van der Waals surface area (Å²) in [6.45, 7) is 0.214. The summed E-state index contributed by atoms with van der Waals surface area (Å²) < 4.78 is 44.9. The Labute approximate surface area is 156 Å². The van der Waals surface area contributed by atoms with Crippen molar-refractivity contribution in [1.29, 1.82) is 0 Å². The smallest absolute Gasteiger partial charge is 0.324 e. The van der Waals surface area contributed by atoms with E-state index >= 15 is 0 Å². The Bertz CT molecular complexity index is 884. The Morgan fingerprint density at radius 3 is 2.46 bits per heavy atom. The van der Waals surface area contributed by atoms with Gasteiger partial charge in [0.05, 0.1) is 4.90 Å². The molecule has 0 saturated carbocycles. The first-order chi connectivity index (χ1) is 12.4. The molecule has 1 aliphatic heterocycles. The molecule has 1 saturated heterocycles. The molecule has 0 radical (unpaired) electrons. The number of benzene rings is 2. The number of halogens is 2. The van der Waals surface area contributed by atoms with E-state index in [1.54, 1.807) is 0 Å². The molecule has 0 amide bonds. The molecule has 26 heavy (non-hydrogen) atoms. The van der Waals surface area contributed by atoms with E-state index in [9.17, 15) is 17.6 Å². The predicted octanol–water partition coefficient (Wildman–Crippen LogP) is 3.38. The van der Waals surface area contributed by atoms with Gasteiger partial charge < -0.3 is 4.74 Å². The zero-order valence-electron chi connectivity index (χ0n) is 13.8. The lowest BCUT2D eigenvalue weighted by Crippen LogP contribution is -2.41. The number of carbonyl (C=O) groups is 1. The summed E-state index contributed by atoms with van der Waals surface area (Å²) in [5, 5.41) is 0.431. The third kappa shape index (κ3) is 4.06. The molecule has 1 aliphatic rings. The lowest BCUT2D eigenvalue weighted by molar-refractivity contribution is -0.148. The summed E-state index contributed by atoms with van der Waals surface area (Å²) >= 11 is 5.80. The highest BCUT2D eigenvalue weighted by molar-refractivity contribution is 7.89. The molecule has 1 fully saturated rings. The quantitative estimate of drug-likeness (QED) is 0.725. The summed E-state index contributed by atoms with van der Waals surface area (Å²) in [6.07, 6.45) is 0.970. The Morgan fingerprint density at radius 1 is 1.15 bits per heavy atom. The number of hydrogen-bond donors (Lipinski definition) is 0. The maximum atomic E-state index is 12.9. The van der Waals surface area contributed by atoms with Crippen molar-refractivity contribution in [2.24, 2.45) is 0 Å². The van der Waals surface area contributed by atoms with E-state index in [0.29, 0.717) is 23.4 Å². The van der Waals surface area contributed by atoms with Crippen molar-refractivity contribution < 1.29 is 22.3 Å². The number of sulfonamides is 1. The van der Waals surface area contributed by atoms with Gasteiger partial charge >= 0.3 is 5.97 Å². The third-order valence-corrected chi connectivity index (χ3v) is 6.36.